The molecule has 3 aromatic rings. The van der Waals surface area contributed by atoms with Crippen LogP contribution < -0.4 is 16.0 Å². The highest BCUT2D eigenvalue weighted by Crippen LogP contribution is 2.17. The smallest absolute Gasteiger partial charge is 0.270 e. The number of morpholine rings is 1. The van der Waals surface area contributed by atoms with Gasteiger partial charge in [0.25, 0.3) is 5.56 Å². The number of hydrogen-bond donors (Lipinski definition) is 1. The van der Waals surface area contributed by atoms with Crippen molar-refractivity contribution in [2.24, 2.45) is 5.73 Å². The van der Waals surface area contributed by atoms with E-state index in [9.17, 15) is 9.59 Å². The van der Waals surface area contributed by atoms with Crippen LogP contribution in [0, 0.1) is 6.92 Å². The molecule has 0 aliphatic carbocycles. The first-order valence-corrected chi connectivity index (χ1v) is 11.4. The number of ether oxygens (including phenoxy) is 2. The number of nitrogens with zero attached hydrogens (tertiary/aromatic N) is 3. The SMILES string of the molecule is Cc1cc(CN2C[C@@H](N)O[C@@H](C)C2)ccc1C(=O)Cn1ncc(OCc2ccccc2)cc1=O. The van der Waals surface area contributed by atoms with Crippen LogP contribution in [-0.4, -0.2) is 45.9 Å². The average molecular weight is 463 g/mol. The maximum atomic E-state index is 12.9. The Morgan fingerprint density at radius 2 is 1.94 bits per heavy atom. The molecular formula is C26H30N4O4. The van der Waals surface area contributed by atoms with Crippen LogP contribution in [-0.2, 0) is 24.4 Å². The number of carbonyl (C=O) groups excluding carboxylic acids is 1. The van der Waals surface area contributed by atoms with E-state index in [-0.39, 0.29) is 30.2 Å². The Hall–Kier alpha value is -3.33. The molecule has 0 spiro atoms. The van der Waals surface area contributed by atoms with Gasteiger partial charge in [-0.3, -0.25) is 14.5 Å². The van der Waals surface area contributed by atoms with Gasteiger partial charge in [0.1, 0.15) is 25.1 Å². The van der Waals surface area contributed by atoms with Crippen molar-refractivity contribution in [3.8, 4) is 5.75 Å². The van der Waals surface area contributed by atoms with Crippen molar-refractivity contribution in [2.45, 2.75) is 45.9 Å². The van der Waals surface area contributed by atoms with Crippen LogP contribution in [0.1, 0.15) is 34.0 Å². The number of ketones is 1. The van der Waals surface area contributed by atoms with Crippen molar-refractivity contribution in [2.75, 3.05) is 13.1 Å². The minimum absolute atomic E-state index is 0.0895. The fraction of sp³-hybridized carbons (Fsp3) is 0.346. The van der Waals surface area contributed by atoms with Crippen LogP contribution in [0.2, 0.25) is 0 Å². The van der Waals surface area contributed by atoms with Gasteiger partial charge in [0.2, 0.25) is 0 Å². The average Bonchev–Trinajstić information content (AvgIpc) is 2.79. The van der Waals surface area contributed by atoms with Crippen molar-refractivity contribution in [1.29, 1.82) is 0 Å². The van der Waals surface area contributed by atoms with Gasteiger partial charge < -0.3 is 15.2 Å². The number of aromatic nitrogens is 2. The summed E-state index contributed by atoms with van der Waals surface area (Å²) >= 11 is 0. The lowest BCUT2D eigenvalue weighted by Crippen LogP contribution is -2.49. The van der Waals surface area contributed by atoms with Gasteiger partial charge in [-0.1, -0.05) is 48.5 Å². The molecule has 34 heavy (non-hydrogen) atoms. The van der Waals surface area contributed by atoms with Gasteiger partial charge >= 0.3 is 0 Å². The monoisotopic (exact) mass is 462 g/mol. The van der Waals surface area contributed by atoms with E-state index < -0.39 is 0 Å². The second-order valence-corrected chi connectivity index (χ2v) is 8.71. The Labute approximate surface area is 198 Å². The van der Waals surface area contributed by atoms with Crippen LogP contribution in [0.25, 0.3) is 0 Å². The lowest BCUT2D eigenvalue weighted by atomic mass is 10.0. The third-order valence-corrected chi connectivity index (χ3v) is 5.74. The van der Waals surface area contributed by atoms with Crippen molar-refractivity contribution >= 4 is 5.78 Å². The van der Waals surface area contributed by atoms with Crippen LogP contribution in [0.3, 0.4) is 0 Å². The number of Topliss-reactive ketones (excluding diaryl/α,β-unsaturated/α-hetero) is 1. The van der Waals surface area contributed by atoms with E-state index in [1.807, 2.05) is 62.4 Å². The van der Waals surface area contributed by atoms with E-state index in [1.54, 1.807) is 0 Å². The summed E-state index contributed by atoms with van der Waals surface area (Å²) in [5, 5.41) is 4.12. The largest absolute Gasteiger partial charge is 0.487 e. The van der Waals surface area contributed by atoms with E-state index in [0.29, 0.717) is 24.5 Å². The van der Waals surface area contributed by atoms with Gasteiger partial charge in [0, 0.05) is 31.3 Å². The third kappa shape index (κ3) is 6.17. The fourth-order valence-corrected chi connectivity index (χ4v) is 4.18. The third-order valence-electron chi connectivity index (χ3n) is 5.74. The summed E-state index contributed by atoms with van der Waals surface area (Å²) in [6.45, 7) is 6.34. The summed E-state index contributed by atoms with van der Waals surface area (Å²) in [5.41, 5.74) is 9.10. The summed E-state index contributed by atoms with van der Waals surface area (Å²) in [4.78, 5) is 27.6. The van der Waals surface area contributed by atoms with E-state index >= 15 is 0 Å². The number of carbonyl (C=O) groups is 1. The summed E-state index contributed by atoms with van der Waals surface area (Å²) in [6, 6.07) is 16.8. The molecule has 2 aromatic carbocycles. The highest BCUT2D eigenvalue weighted by molar-refractivity contribution is 5.97. The Morgan fingerprint density at radius 1 is 1.15 bits per heavy atom. The molecule has 0 bridgehead atoms. The predicted molar refractivity (Wildman–Crippen MR) is 129 cm³/mol. The normalized spacial score (nSPS) is 18.6. The maximum Gasteiger partial charge on any atom is 0.270 e. The van der Waals surface area contributed by atoms with Crippen LogP contribution >= 0.6 is 0 Å². The van der Waals surface area contributed by atoms with Crippen LogP contribution in [0.4, 0.5) is 0 Å². The van der Waals surface area contributed by atoms with Crippen molar-refractivity contribution in [3.63, 3.8) is 0 Å². The van der Waals surface area contributed by atoms with E-state index in [1.165, 1.54) is 12.3 Å². The first-order valence-electron chi connectivity index (χ1n) is 11.4. The Bertz CT molecular complexity index is 1180. The molecule has 0 saturated carbocycles. The molecule has 1 aliphatic heterocycles. The minimum Gasteiger partial charge on any atom is -0.487 e. The number of rotatable bonds is 8. The lowest BCUT2D eigenvalue weighted by molar-refractivity contribution is -0.0760. The molecule has 178 valence electrons. The van der Waals surface area contributed by atoms with E-state index in [2.05, 4.69) is 10.00 Å². The molecule has 2 N–H and O–H groups in total. The van der Waals surface area contributed by atoms with Gasteiger partial charge in [-0.15, -0.1) is 0 Å². The Morgan fingerprint density at radius 3 is 2.65 bits per heavy atom. The van der Waals surface area contributed by atoms with Crippen molar-refractivity contribution < 1.29 is 14.3 Å². The van der Waals surface area contributed by atoms with Gasteiger partial charge in [0.05, 0.1) is 12.3 Å². The molecule has 0 unspecified atom stereocenters. The molecule has 8 nitrogen and oxygen atoms in total. The topological polar surface area (TPSA) is 99.7 Å². The zero-order valence-electron chi connectivity index (χ0n) is 19.5. The molecule has 0 amide bonds. The van der Waals surface area contributed by atoms with Crippen molar-refractivity contribution in [1.82, 2.24) is 14.7 Å². The van der Waals surface area contributed by atoms with E-state index in [4.69, 9.17) is 15.2 Å². The van der Waals surface area contributed by atoms with E-state index in [0.717, 1.165) is 34.5 Å². The second kappa shape index (κ2) is 10.7. The molecule has 1 aromatic heterocycles. The first kappa shape index (κ1) is 23.8. The predicted octanol–water partition coefficient (Wildman–Crippen LogP) is 2.52. The second-order valence-electron chi connectivity index (χ2n) is 8.71. The zero-order valence-corrected chi connectivity index (χ0v) is 19.5. The summed E-state index contributed by atoms with van der Waals surface area (Å²) in [6.07, 6.45) is 1.26. The summed E-state index contributed by atoms with van der Waals surface area (Å²) in [7, 11) is 0. The summed E-state index contributed by atoms with van der Waals surface area (Å²) in [5.74, 6) is 0.203. The highest BCUT2D eigenvalue weighted by Gasteiger charge is 2.22. The molecule has 4 rings (SSSR count). The first-order chi connectivity index (χ1) is 16.4. The molecule has 1 saturated heterocycles. The van der Waals surface area contributed by atoms with Crippen molar-refractivity contribution in [3.05, 3.63) is 93.4 Å². The number of aryl methyl sites for hydroxylation is 1. The zero-order chi connectivity index (χ0) is 24.1. The van der Waals surface area contributed by atoms with Gasteiger partial charge in [0.15, 0.2) is 5.78 Å². The molecule has 0 radical (unpaired) electrons. The van der Waals surface area contributed by atoms with Gasteiger partial charge in [-0.2, -0.15) is 5.10 Å². The number of benzene rings is 2. The quantitative estimate of drug-likeness (QED) is 0.514. The number of hydrogen-bond acceptors (Lipinski definition) is 7. The van der Waals surface area contributed by atoms with Crippen LogP contribution in [0.5, 0.6) is 5.75 Å². The lowest BCUT2D eigenvalue weighted by Gasteiger charge is -2.35. The Balaban J connectivity index is 1.37. The number of nitrogens with two attached hydrogens (primary N) is 1. The molecule has 8 heteroatoms. The van der Waals surface area contributed by atoms with Gasteiger partial charge in [-0.25, -0.2) is 4.68 Å². The Kier molecular flexibility index (Phi) is 7.52. The molecule has 2 heterocycles. The highest BCUT2D eigenvalue weighted by atomic mass is 16.5. The molecule has 2 atom stereocenters. The minimum atomic E-state index is -0.383. The fourth-order valence-electron chi connectivity index (χ4n) is 4.18. The molecule has 1 aliphatic rings. The summed E-state index contributed by atoms with van der Waals surface area (Å²) < 4.78 is 12.4. The molecular weight excluding hydrogens is 432 g/mol. The maximum absolute atomic E-state index is 12.9. The standard InChI is InChI=1S/C26H30N4O4/c1-18-10-21(14-29-13-19(2)34-25(27)16-29)8-9-23(18)24(31)15-30-26(32)11-22(12-28-30)33-17-20-6-4-3-5-7-20/h3-12,19,25H,13-17,27H2,1-2H3/t19-,25-/m0/s1. The van der Waals surface area contributed by atoms with Gasteiger partial charge in [-0.05, 0) is 30.5 Å². The molecule has 1 fully saturated rings. The van der Waals surface area contributed by atoms with Crippen LogP contribution in [0.15, 0.2) is 65.6 Å².